The molecule has 3 nitrogen and oxygen atoms in total. The molecule has 0 atom stereocenters. The third kappa shape index (κ3) is 2.63. The van der Waals surface area contributed by atoms with Gasteiger partial charge in [0, 0.05) is 11.4 Å². The number of rotatable bonds is 3. The lowest BCUT2D eigenvalue weighted by Crippen LogP contribution is -2.02. The first-order valence-corrected chi connectivity index (χ1v) is 9.30. The summed E-state index contributed by atoms with van der Waals surface area (Å²) in [5, 5.41) is 5.82. The van der Waals surface area contributed by atoms with Crippen LogP contribution in [0.15, 0.2) is 47.8 Å². The van der Waals surface area contributed by atoms with Crippen LogP contribution in [0.3, 0.4) is 0 Å². The molecule has 0 spiro atoms. The second kappa shape index (κ2) is 6.05. The van der Waals surface area contributed by atoms with Crippen molar-refractivity contribution in [2.75, 3.05) is 5.32 Å². The Balaban J connectivity index is 1.99. The van der Waals surface area contributed by atoms with Crippen LogP contribution in [0.25, 0.3) is 16.2 Å². The number of fused-ring (bicyclic) bond motifs is 1. The topological polar surface area (TPSA) is 29.3 Å². The fourth-order valence-electron chi connectivity index (χ4n) is 3.27. The van der Waals surface area contributed by atoms with E-state index >= 15 is 0 Å². The molecule has 0 amide bonds. The maximum Gasteiger partial charge on any atom is 0.144 e. The van der Waals surface area contributed by atoms with Gasteiger partial charge in [-0.2, -0.15) is 0 Å². The molecule has 4 rings (SSSR count). The minimum Gasteiger partial charge on any atom is -0.339 e. The van der Waals surface area contributed by atoms with Crippen LogP contribution in [-0.4, -0.2) is 9.38 Å². The van der Waals surface area contributed by atoms with Gasteiger partial charge in [-0.05, 0) is 68.0 Å². The minimum atomic E-state index is 0.969. The molecule has 0 saturated carbocycles. The predicted octanol–water partition coefficient (Wildman–Crippen LogP) is 6.04. The molecular formula is C21H21N3S. The van der Waals surface area contributed by atoms with E-state index in [-0.39, 0.29) is 0 Å². The zero-order chi connectivity index (χ0) is 17.6. The number of aryl methyl sites for hydroxylation is 4. The monoisotopic (exact) mass is 347 g/mol. The molecule has 0 aliphatic heterocycles. The number of imidazole rings is 1. The van der Waals surface area contributed by atoms with Crippen molar-refractivity contribution in [3.05, 3.63) is 70.2 Å². The molecule has 25 heavy (non-hydrogen) atoms. The van der Waals surface area contributed by atoms with Gasteiger partial charge in [0.1, 0.15) is 17.2 Å². The summed E-state index contributed by atoms with van der Waals surface area (Å²) in [6, 6.07) is 14.8. The first-order valence-electron chi connectivity index (χ1n) is 8.42. The molecule has 0 radical (unpaired) electrons. The molecule has 126 valence electrons. The first kappa shape index (κ1) is 15.9. The second-order valence-electron chi connectivity index (χ2n) is 6.49. The van der Waals surface area contributed by atoms with Crippen LogP contribution in [0.4, 0.5) is 11.5 Å². The lowest BCUT2D eigenvalue weighted by molar-refractivity contribution is 1.09. The van der Waals surface area contributed by atoms with E-state index in [1.807, 2.05) is 0 Å². The standard InChI is InChI=1S/C21H21N3S/c1-13-7-5-8-14(2)18(13)23-21-19(20-15(3)11-12-25-20)22-17-10-6-9-16(4)24(17)21/h5-12,23H,1-4H3. The molecule has 3 aromatic heterocycles. The summed E-state index contributed by atoms with van der Waals surface area (Å²) in [6.07, 6.45) is 0. The quantitative estimate of drug-likeness (QED) is 0.489. The van der Waals surface area contributed by atoms with Gasteiger partial charge in [0.2, 0.25) is 0 Å². The number of aromatic nitrogens is 2. The number of nitrogens with one attached hydrogen (secondary N) is 1. The van der Waals surface area contributed by atoms with Crippen LogP contribution < -0.4 is 5.32 Å². The van der Waals surface area contributed by atoms with Crippen molar-refractivity contribution in [2.24, 2.45) is 0 Å². The molecule has 0 fully saturated rings. The van der Waals surface area contributed by atoms with E-state index in [4.69, 9.17) is 4.98 Å². The van der Waals surface area contributed by atoms with Gasteiger partial charge in [0.25, 0.3) is 0 Å². The van der Waals surface area contributed by atoms with Crippen molar-refractivity contribution in [3.63, 3.8) is 0 Å². The number of nitrogens with zero attached hydrogens (tertiary/aromatic N) is 2. The fourth-order valence-corrected chi connectivity index (χ4v) is 4.19. The van der Waals surface area contributed by atoms with Gasteiger partial charge >= 0.3 is 0 Å². The van der Waals surface area contributed by atoms with Gasteiger partial charge in [-0.1, -0.05) is 24.3 Å². The molecule has 1 aromatic carbocycles. The summed E-state index contributed by atoms with van der Waals surface area (Å²) in [5.74, 6) is 1.04. The highest BCUT2D eigenvalue weighted by Crippen LogP contribution is 2.37. The van der Waals surface area contributed by atoms with Crippen molar-refractivity contribution in [2.45, 2.75) is 27.7 Å². The first-order chi connectivity index (χ1) is 12.1. The van der Waals surface area contributed by atoms with Crippen LogP contribution in [0, 0.1) is 27.7 Å². The van der Waals surface area contributed by atoms with Crippen molar-refractivity contribution < 1.29 is 0 Å². The maximum atomic E-state index is 4.94. The van der Waals surface area contributed by atoms with E-state index in [1.165, 1.54) is 27.3 Å². The van der Waals surface area contributed by atoms with Crippen LogP contribution >= 0.6 is 11.3 Å². The number of thiophene rings is 1. The van der Waals surface area contributed by atoms with Gasteiger partial charge in [-0.25, -0.2) is 4.98 Å². The summed E-state index contributed by atoms with van der Waals surface area (Å²) < 4.78 is 2.21. The van der Waals surface area contributed by atoms with Crippen molar-refractivity contribution in [3.8, 4) is 10.6 Å². The lowest BCUT2D eigenvalue weighted by atomic mass is 10.1. The Hall–Kier alpha value is -2.59. The third-order valence-electron chi connectivity index (χ3n) is 4.64. The molecule has 0 aliphatic rings. The van der Waals surface area contributed by atoms with E-state index in [2.05, 4.69) is 85.3 Å². The average molecular weight is 347 g/mol. The SMILES string of the molecule is Cc1ccsc1-c1nc2cccc(C)n2c1Nc1c(C)cccc1C. The predicted molar refractivity (Wildman–Crippen MR) is 107 cm³/mol. The Morgan fingerprint density at radius 1 is 0.880 bits per heavy atom. The fraction of sp³-hybridized carbons (Fsp3) is 0.190. The van der Waals surface area contributed by atoms with Crippen LogP contribution in [-0.2, 0) is 0 Å². The highest BCUT2D eigenvalue weighted by molar-refractivity contribution is 7.13. The maximum absolute atomic E-state index is 4.94. The molecule has 0 saturated heterocycles. The number of benzene rings is 1. The molecule has 1 N–H and O–H groups in total. The molecule has 0 aliphatic carbocycles. The third-order valence-corrected chi connectivity index (χ3v) is 5.66. The number of hydrogen-bond acceptors (Lipinski definition) is 3. The van der Waals surface area contributed by atoms with Crippen molar-refractivity contribution in [1.29, 1.82) is 0 Å². The lowest BCUT2D eigenvalue weighted by Gasteiger charge is -2.14. The Kier molecular flexibility index (Phi) is 3.85. The van der Waals surface area contributed by atoms with Crippen LogP contribution in [0.5, 0.6) is 0 Å². The van der Waals surface area contributed by atoms with Gasteiger partial charge in [0.05, 0.1) is 4.88 Å². The largest absolute Gasteiger partial charge is 0.339 e. The smallest absolute Gasteiger partial charge is 0.144 e. The zero-order valence-electron chi connectivity index (χ0n) is 14.9. The highest BCUT2D eigenvalue weighted by atomic mass is 32.1. The van der Waals surface area contributed by atoms with Gasteiger partial charge in [-0.15, -0.1) is 11.3 Å². The van der Waals surface area contributed by atoms with Gasteiger partial charge < -0.3 is 5.32 Å². The number of pyridine rings is 1. The second-order valence-corrected chi connectivity index (χ2v) is 7.41. The van der Waals surface area contributed by atoms with E-state index in [9.17, 15) is 0 Å². The van der Waals surface area contributed by atoms with E-state index in [0.29, 0.717) is 0 Å². The summed E-state index contributed by atoms with van der Waals surface area (Å²) >= 11 is 1.74. The Morgan fingerprint density at radius 3 is 2.28 bits per heavy atom. The molecule has 3 heterocycles. The van der Waals surface area contributed by atoms with Crippen molar-refractivity contribution >= 4 is 28.5 Å². The summed E-state index contributed by atoms with van der Waals surface area (Å²) in [6.45, 7) is 8.55. The molecule has 0 unspecified atom stereocenters. The molecule has 4 heteroatoms. The normalized spacial score (nSPS) is 11.2. The highest BCUT2D eigenvalue weighted by Gasteiger charge is 2.19. The zero-order valence-corrected chi connectivity index (χ0v) is 15.7. The van der Waals surface area contributed by atoms with Crippen LogP contribution in [0.2, 0.25) is 0 Å². The Labute approximate surface area is 152 Å². The Morgan fingerprint density at radius 2 is 1.60 bits per heavy atom. The minimum absolute atomic E-state index is 0.969. The van der Waals surface area contributed by atoms with Gasteiger partial charge in [0.15, 0.2) is 0 Å². The van der Waals surface area contributed by atoms with E-state index in [0.717, 1.165) is 22.8 Å². The van der Waals surface area contributed by atoms with Crippen LogP contribution in [0.1, 0.15) is 22.4 Å². The summed E-state index contributed by atoms with van der Waals surface area (Å²) in [5.41, 5.74) is 8.04. The van der Waals surface area contributed by atoms with Crippen molar-refractivity contribution in [1.82, 2.24) is 9.38 Å². The number of hydrogen-bond donors (Lipinski definition) is 1. The summed E-state index contributed by atoms with van der Waals surface area (Å²) in [4.78, 5) is 6.16. The average Bonchev–Trinajstić information content (AvgIpc) is 3.15. The number of para-hydroxylation sites is 1. The van der Waals surface area contributed by atoms with E-state index in [1.54, 1.807) is 11.3 Å². The molecular weight excluding hydrogens is 326 g/mol. The Bertz CT molecular complexity index is 1050. The van der Waals surface area contributed by atoms with E-state index < -0.39 is 0 Å². The van der Waals surface area contributed by atoms with Gasteiger partial charge in [-0.3, -0.25) is 4.40 Å². The summed E-state index contributed by atoms with van der Waals surface area (Å²) in [7, 11) is 0. The molecule has 0 bridgehead atoms. The number of anilines is 2. The molecule has 4 aromatic rings.